The molecule has 0 aliphatic heterocycles. The highest BCUT2D eigenvalue weighted by Gasteiger charge is 2.26. The summed E-state index contributed by atoms with van der Waals surface area (Å²) in [6.07, 6.45) is 3.19. The summed E-state index contributed by atoms with van der Waals surface area (Å²) in [6.45, 7) is 4.02. The van der Waals surface area contributed by atoms with Crippen LogP contribution in [0.15, 0.2) is 30.6 Å². The summed E-state index contributed by atoms with van der Waals surface area (Å²) in [5.74, 6) is -0.343. The van der Waals surface area contributed by atoms with Crippen LogP contribution in [0.5, 0.6) is 0 Å². The number of aryl methyl sites for hydroxylation is 1. The molecule has 0 radical (unpaired) electrons. The summed E-state index contributed by atoms with van der Waals surface area (Å²) in [4.78, 5) is 27.7. The Labute approximate surface area is 151 Å². The van der Waals surface area contributed by atoms with Gasteiger partial charge in [0.2, 0.25) is 0 Å². The lowest BCUT2D eigenvalue weighted by Gasteiger charge is -2.28. The largest absolute Gasteiger partial charge is 0.469 e. The Kier molecular flexibility index (Phi) is 6.52. The van der Waals surface area contributed by atoms with E-state index in [1.807, 2.05) is 13.0 Å². The predicted octanol–water partition coefficient (Wildman–Crippen LogP) is 2.21. The Morgan fingerprint density at radius 1 is 1.32 bits per heavy atom. The molecule has 0 N–H and O–H groups in total. The van der Waals surface area contributed by atoms with Crippen molar-refractivity contribution >= 4 is 23.5 Å². The summed E-state index contributed by atoms with van der Waals surface area (Å²) in [5.41, 5.74) is 1.97. The second-order valence-electron chi connectivity index (χ2n) is 5.66. The van der Waals surface area contributed by atoms with Crippen LogP contribution in [0.4, 0.5) is 0 Å². The van der Waals surface area contributed by atoms with Crippen LogP contribution in [-0.2, 0) is 9.53 Å². The molecule has 0 aliphatic carbocycles. The quantitative estimate of drug-likeness (QED) is 0.556. The average molecular weight is 365 g/mol. The Bertz CT molecular complexity index is 733. The lowest BCUT2D eigenvalue weighted by Crippen LogP contribution is -2.41. The van der Waals surface area contributed by atoms with E-state index in [0.29, 0.717) is 17.8 Å². The third-order valence-electron chi connectivity index (χ3n) is 3.82. The zero-order chi connectivity index (χ0) is 18.4. The zero-order valence-electron chi connectivity index (χ0n) is 14.5. The van der Waals surface area contributed by atoms with Crippen molar-refractivity contribution in [1.82, 2.24) is 19.9 Å². The first-order valence-electron chi connectivity index (χ1n) is 7.89. The summed E-state index contributed by atoms with van der Waals surface area (Å²) in [6, 6.07) is 5.12. The molecule has 1 unspecified atom stereocenters. The van der Waals surface area contributed by atoms with E-state index in [9.17, 15) is 9.59 Å². The van der Waals surface area contributed by atoms with Gasteiger partial charge in [-0.3, -0.25) is 9.59 Å². The van der Waals surface area contributed by atoms with E-state index in [4.69, 9.17) is 16.3 Å². The number of amides is 1. The number of nitrogens with zero attached hydrogens (tertiary/aromatic N) is 4. The molecule has 0 saturated carbocycles. The summed E-state index contributed by atoms with van der Waals surface area (Å²) < 4.78 is 4.70. The van der Waals surface area contributed by atoms with Crippen LogP contribution in [0.3, 0.4) is 0 Å². The minimum absolute atomic E-state index is 0.0975. The van der Waals surface area contributed by atoms with Crippen molar-refractivity contribution in [2.24, 2.45) is 0 Å². The van der Waals surface area contributed by atoms with Gasteiger partial charge in [-0.25, -0.2) is 0 Å². The highest BCUT2D eigenvalue weighted by molar-refractivity contribution is 6.18. The van der Waals surface area contributed by atoms with Crippen molar-refractivity contribution in [1.29, 1.82) is 0 Å². The molecule has 1 aromatic carbocycles. The molecular weight excluding hydrogens is 344 g/mol. The molecule has 134 valence electrons. The van der Waals surface area contributed by atoms with Crippen LogP contribution < -0.4 is 0 Å². The number of ether oxygens (including phenoxy) is 1. The van der Waals surface area contributed by atoms with Gasteiger partial charge in [-0.05, 0) is 26.0 Å². The second kappa shape index (κ2) is 8.62. The fraction of sp³-hybridized carbons (Fsp3) is 0.412. The Morgan fingerprint density at radius 3 is 2.60 bits per heavy atom. The topological polar surface area (TPSA) is 77.3 Å². The molecule has 8 heteroatoms. The van der Waals surface area contributed by atoms with Gasteiger partial charge in [-0.1, -0.05) is 11.6 Å². The van der Waals surface area contributed by atoms with E-state index in [1.54, 1.807) is 36.4 Å². The normalized spacial score (nSPS) is 11.8. The highest BCUT2D eigenvalue weighted by Crippen LogP contribution is 2.19. The number of hydrogen-bond acceptors (Lipinski definition) is 5. The zero-order valence-corrected chi connectivity index (χ0v) is 15.2. The van der Waals surface area contributed by atoms with Gasteiger partial charge in [-0.15, -0.1) is 11.6 Å². The van der Waals surface area contributed by atoms with Crippen LogP contribution in [-0.4, -0.2) is 57.3 Å². The van der Waals surface area contributed by atoms with Gasteiger partial charge in [0.1, 0.15) is 0 Å². The first-order valence-corrected chi connectivity index (χ1v) is 8.42. The fourth-order valence-corrected chi connectivity index (χ4v) is 2.72. The monoisotopic (exact) mass is 364 g/mol. The molecule has 2 aromatic rings. The van der Waals surface area contributed by atoms with Crippen LogP contribution in [0, 0.1) is 6.92 Å². The average Bonchev–Trinajstić information content (AvgIpc) is 3.13. The van der Waals surface area contributed by atoms with Gasteiger partial charge in [0.15, 0.2) is 0 Å². The standard InChI is InChI=1S/C17H21ClN4O3/c1-12-4-5-15(22-19-7-8-20-22)14(10-12)17(24)21(9-6-18)13(2)11-16(23)25-3/h4-5,7-8,10,13H,6,9,11H2,1-3H3. The molecule has 0 bridgehead atoms. The summed E-state index contributed by atoms with van der Waals surface area (Å²) in [7, 11) is 1.32. The number of esters is 1. The molecular formula is C17H21ClN4O3. The Balaban J connectivity index is 2.38. The second-order valence-corrected chi connectivity index (χ2v) is 6.03. The van der Waals surface area contributed by atoms with Crippen LogP contribution in [0.1, 0.15) is 29.3 Å². The molecule has 2 rings (SSSR count). The number of carbonyl (C=O) groups is 2. The molecule has 1 heterocycles. The number of halogens is 1. The number of benzene rings is 1. The summed E-state index contributed by atoms with van der Waals surface area (Å²) >= 11 is 5.87. The number of carbonyl (C=O) groups excluding carboxylic acids is 2. The number of methoxy groups -OCH3 is 1. The highest BCUT2D eigenvalue weighted by atomic mass is 35.5. The van der Waals surface area contributed by atoms with Crippen LogP contribution in [0.25, 0.3) is 5.69 Å². The fourth-order valence-electron chi connectivity index (χ4n) is 2.54. The van der Waals surface area contributed by atoms with Crippen molar-refractivity contribution in [2.75, 3.05) is 19.5 Å². The molecule has 0 spiro atoms. The third kappa shape index (κ3) is 4.57. The van der Waals surface area contributed by atoms with E-state index in [0.717, 1.165) is 5.56 Å². The molecule has 0 saturated heterocycles. The van der Waals surface area contributed by atoms with E-state index in [-0.39, 0.29) is 30.2 Å². The van der Waals surface area contributed by atoms with Gasteiger partial charge < -0.3 is 9.64 Å². The smallest absolute Gasteiger partial charge is 0.307 e. The molecule has 0 fully saturated rings. The number of hydrogen-bond donors (Lipinski definition) is 0. The van der Waals surface area contributed by atoms with E-state index in [1.165, 1.54) is 11.9 Å². The maximum absolute atomic E-state index is 13.2. The van der Waals surface area contributed by atoms with E-state index in [2.05, 4.69) is 10.2 Å². The lowest BCUT2D eigenvalue weighted by molar-refractivity contribution is -0.141. The molecule has 0 aliphatic rings. The van der Waals surface area contributed by atoms with Crippen LogP contribution >= 0.6 is 11.6 Å². The minimum Gasteiger partial charge on any atom is -0.469 e. The Hall–Kier alpha value is -2.41. The first-order chi connectivity index (χ1) is 12.0. The number of rotatable bonds is 7. The molecule has 1 atom stereocenters. The molecule has 25 heavy (non-hydrogen) atoms. The lowest BCUT2D eigenvalue weighted by atomic mass is 10.1. The van der Waals surface area contributed by atoms with Gasteiger partial charge in [0, 0.05) is 18.5 Å². The maximum atomic E-state index is 13.2. The van der Waals surface area contributed by atoms with Gasteiger partial charge in [0.05, 0.1) is 37.2 Å². The SMILES string of the molecule is COC(=O)CC(C)N(CCCl)C(=O)c1cc(C)ccc1-n1nccn1. The van der Waals surface area contributed by atoms with Crippen molar-refractivity contribution in [3.8, 4) is 5.69 Å². The van der Waals surface area contributed by atoms with Crippen LogP contribution in [0.2, 0.25) is 0 Å². The molecule has 7 nitrogen and oxygen atoms in total. The van der Waals surface area contributed by atoms with E-state index < -0.39 is 0 Å². The van der Waals surface area contributed by atoms with Crippen molar-refractivity contribution in [3.63, 3.8) is 0 Å². The van der Waals surface area contributed by atoms with Gasteiger partial charge >= 0.3 is 5.97 Å². The Morgan fingerprint density at radius 2 is 2.00 bits per heavy atom. The van der Waals surface area contributed by atoms with Gasteiger partial charge in [-0.2, -0.15) is 15.0 Å². The first kappa shape index (κ1) is 18.9. The molecule has 1 amide bonds. The number of aromatic nitrogens is 3. The van der Waals surface area contributed by atoms with Crippen molar-refractivity contribution < 1.29 is 14.3 Å². The molecule has 1 aromatic heterocycles. The van der Waals surface area contributed by atoms with Gasteiger partial charge in [0.25, 0.3) is 5.91 Å². The van der Waals surface area contributed by atoms with E-state index >= 15 is 0 Å². The van der Waals surface area contributed by atoms with Crippen molar-refractivity contribution in [2.45, 2.75) is 26.3 Å². The summed E-state index contributed by atoms with van der Waals surface area (Å²) in [5, 5.41) is 8.21. The minimum atomic E-state index is -0.377. The maximum Gasteiger partial charge on any atom is 0.307 e. The predicted molar refractivity (Wildman–Crippen MR) is 93.9 cm³/mol. The van der Waals surface area contributed by atoms with Crippen molar-refractivity contribution in [3.05, 3.63) is 41.7 Å². The third-order valence-corrected chi connectivity index (χ3v) is 3.99. The number of alkyl halides is 1.